The van der Waals surface area contributed by atoms with Crippen molar-refractivity contribution < 1.29 is 4.79 Å². The third kappa shape index (κ3) is 4.10. The summed E-state index contributed by atoms with van der Waals surface area (Å²) in [7, 11) is 0. The predicted molar refractivity (Wildman–Crippen MR) is 107 cm³/mol. The highest BCUT2D eigenvalue weighted by Gasteiger charge is 2.36. The summed E-state index contributed by atoms with van der Waals surface area (Å²) in [5, 5.41) is 0. The number of pyridine rings is 1. The van der Waals surface area contributed by atoms with E-state index in [1.54, 1.807) is 0 Å². The fourth-order valence-electron chi connectivity index (χ4n) is 4.48. The fourth-order valence-corrected chi connectivity index (χ4v) is 4.48. The van der Waals surface area contributed by atoms with Crippen LogP contribution in [-0.4, -0.2) is 51.0 Å². The largest absolute Gasteiger partial charge is 0.342 e. The van der Waals surface area contributed by atoms with Crippen molar-refractivity contribution in [3.63, 3.8) is 0 Å². The number of hydrazine groups is 1. The highest BCUT2D eigenvalue weighted by Crippen LogP contribution is 2.29. The van der Waals surface area contributed by atoms with Crippen LogP contribution in [0.3, 0.4) is 0 Å². The van der Waals surface area contributed by atoms with Crippen molar-refractivity contribution in [1.29, 1.82) is 0 Å². The minimum absolute atomic E-state index is 0.0603. The monoisotopic (exact) mass is 382 g/mol. The molecule has 0 saturated carbocycles. The third-order valence-corrected chi connectivity index (χ3v) is 6.03. The van der Waals surface area contributed by atoms with E-state index in [4.69, 9.17) is 0 Å². The summed E-state index contributed by atoms with van der Waals surface area (Å²) in [6, 6.07) is 4.34. The Bertz CT molecular complexity index is 768. The van der Waals surface area contributed by atoms with Gasteiger partial charge in [0.2, 0.25) is 5.91 Å². The molecule has 2 unspecified atom stereocenters. The normalized spacial score (nSPS) is 23.2. The molecule has 2 saturated heterocycles. The molecule has 0 bridgehead atoms. The third-order valence-electron chi connectivity index (χ3n) is 6.03. The summed E-state index contributed by atoms with van der Waals surface area (Å²) in [6.07, 6.45) is 11.7. The van der Waals surface area contributed by atoms with Crippen LogP contribution in [0.4, 0.5) is 0 Å². The number of imidazole rings is 1. The number of nitrogens with one attached hydrogen (secondary N) is 2. The van der Waals surface area contributed by atoms with E-state index >= 15 is 0 Å². The van der Waals surface area contributed by atoms with Crippen LogP contribution < -0.4 is 10.9 Å². The van der Waals surface area contributed by atoms with Gasteiger partial charge in [0.25, 0.3) is 0 Å². The van der Waals surface area contributed by atoms with Gasteiger partial charge in [-0.25, -0.2) is 4.98 Å². The van der Waals surface area contributed by atoms with Crippen LogP contribution in [0, 0.1) is 5.92 Å². The Balaban J connectivity index is 1.36. The molecule has 2 atom stereocenters. The summed E-state index contributed by atoms with van der Waals surface area (Å²) in [5.74, 6) is 1.91. The quantitative estimate of drug-likeness (QED) is 0.798. The molecule has 0 aliphatic carbocycles. The maximum Gasteiger partial charge on any atom is 0.228 e. The zero-order chi connectivity index (χ0) is 19.3. The van der Waals surface area contributed by atoms with Gasteiger partial charge in [-0.2, -0.15) is 0 Å². The smallest absolute Gasteiger partial charge is 0.228 e. The van der Waals surface area contributed by atoms with Crippen molar-refractivity contribution >= 4 is 5.91 Å². The molecule has 2 aliphatic rings. The van der Waals surface area contributed by atoms with E-state index in [2.05, 4.69) is 43.4 Å². The molecular weight excluding hydrogens is 352 g/mol. The Kier molecular flexibility index (Phi) is 6.02. The van der Waals surface area contributed by atoms with Gasteiger partial charge in [0.1, 0.15) is 5.82 Å². The number of carbonyl (C=O) groups is 1. The molecule has 0 spiro atoms. The molecule has 2 aromatic heterocycles. The Labute approximate surface area is 166 Å². The van der Waals surface area contributed by atoms with Crippen molar-refractivity contribution in [2.24, 2.45) is 5.92 Å². The van der Waals surface area contributed by atoms with Crippen LogP contribution in [0.15, 0.2) is 36.9 Å². The van der Waals surface area contributed by atoms with E-state index in [9.17, 15) is 4.79 Å². The molecule has 150 valence electrons. The molecule has 2 N–H and O–H groups in total. The molecule has 2 aromatic rings. The maximum absolute atomic E-state index is 13.0. The molecule has 0 aromatic carbocycles. The molecule has 4 rings (SSSR count). The lowest BCUT2D eigenvalue weighted by Gasteiger charge is -2.34. The lowest BCUT2D eigenvalue weighted by Crippen LogP contribution is -2.45. The highest BCUT2D eigenvalue weighted by atomic mass is 16.2. The summed E-state index contributed by atoms with van der Waals surface area (Å²) in [4.78, 5) is 23.8. The number of likely N-dealkylation sites (tertiary alicyclic amines) is 1. The van der Waals surface area contributed by atoms with Gasteiger partial charge in [-0.05, 0) is 37.0 Å². The summed E-state index contributed by atoms with van der Waals surface area (Å²) in [6.45, 7) is 5.36. The molecule has 2 aliphatic heterocycles. The zero-order valence-corrected chi connectivity index (χ0v) is 16.6. The predicted octanol–water partition coefficient (Wildman–Crippen LogP) is 1.93. The van der Waals surface area contributed by atoms with Crippen molar-refractivity contribution in [3.05, 3.63) is 48.3 Å². The van der Waals surface area contributed by atoms with E-state index < -0.39 is 0 Å². The second kappa shape index (κ2) is 8.84. The Morgan fingerprint density at radius 3 is 2.75 bits per heavy atom. The van der Waals surface area contributed by atoms with Crippen molar-refractivity contribution in [2.75, 3.05) is 19.6 Å². The van der Waals surface area contributed by atoms with E-state index in [0.29, 0.717) is 11.8 Å². The SMILES string of the molecule is CCCC1NNCC1C(=O)N1CCC(c2nccn2Cc2ccncc2)CC1. The molecule has 0 radical (unpaired) electrons. The van der Waals surface area contributed by atoms with Crippen LogP contribution in [0.25, 0.3) is 0 Å². The second-order valence-corrected chi connectivity index (χ2v) is 7.90. The standard InChI is InChI=1S/C21H30N6O/c1-2-3-19-18(14-24-25-19)21(28)26-11-6-17(7-12-26)20-23-10-13-27(20)15-16-4-8-22-9-5-16/h4-5,8-10,13,17-19,24-25H,2-3,6-7,11-12,14-15H2,1H3. The van der Waals surface area contributed by atoms with Crippen LogP contribution in [0.1, 0.15) is 49.9 Å². The van der Waals surface area contributed by atoms with Crippen LogP contribution in [0.2, 0.25) is 0 Å². The van der Waals surface area contributed by atoms with E-state index in [1.165, 1.54) is 5.56 Å². The molecule has 7 nitrogen and oxygen atoms in total. The lowest BCUT2D eigenvalue weighted by molar-refractivity contribution is -0.136. The number of hydrogen-bond acceptors (Lipinski definition) is 5. The number of rotatable bonds is 6. The second-order valence-electron chi connectivity index (χ2n) is 7.90. The molecule has 1 amide bonds. The average molecular weight is 383 g/mol. The van der Waals surface area contributed by atoms with E-state index in [0.717, 1.165) is 57.7 Å². The first kappa shape index (κ1) is 19.1. The fraction of sp³-hybridized carbons (Fsp3) is 0.571. The minimum Gasteiger partial charge on any atom is -0.342 e. The van der Waals surface area contributed by atoms with Gasteiger partial charge in [0.15, 0.2) is 0 Å². The number of piperidine rings is 1. The van der Waals surface area contributed by atoms with Gasteiger partial charge in [0.05, 0.1) is 5.92 Å². The topological polar surface area (TPSA) is 75.1 Å². The Hall–Kier alpha value is -2.25. The Morgan fingerprint density at radius 1 is 1.21 bits per heavy atom. The van der Waals surface area contributed by atoms with E-state index in [-0.39, 0.29) is 12.0 Å². The number of carbonyl (C=O) groups excluding carboxylic acids is 1. The number of amides is 1. The first-order chi connectivity index (χ1) is 13.8. The van der Waals surface area contributed by atoms with Crippen LogP contribution in [0.5, 0.6) is 0 Å². The van der Waals surface area contributed by atoms with Crippen LogP contribution >= 0.6 is 0 Å². The highest BCUT2D eigenvalue weighted by molar-refractivity contribution is 5.80. The van der Waals surface area contributed by atoms with Gasteiger partial charge in [0, 0.05) is 62.9 Å². The van der Waals surface area contributed by atoms with Crippen molar-refractivity contribution in [2.45, 2.75) is 51.1 Å². The molecular formula is C21H30N6O. The van der Waals surface area contributed by atoms with Crippen molar-refractivity contribution in [3.8, 4) is 0 Å². The first-order valence-electron chi connectivity index (χ1n) is 10.4. The van der Waals surface area contributed by atoms with Gasteiger partial charge in [-0.1, -0.05) is 13.3 Å². The first-order valence-corrected chi connectivity index (χ1v) is 10.4. The number of hydrogen-bond donors (Lipinski definition) is 2. The summed E-state index contributed by atoms with van der Waals surface area (Å²) < 4.78 is 2.24. The van der Waals surface area contributed by atoms with Gasteiger partial charge >= 0.3 is 0 Å². The molecule has 2 fully saturated rings. The number of aromatic nitrogens is 3. The average Bonchev–Trinajstić information content (AvgIpc) is 3.38. The summed E-state index contributed by atoms with van der Waals surface area (Å²) >= 11 is 0. The van der Waals surface area contributed by atoms with Gasteiger partial charge in [-0.15, -0.1) is 0 Å². The van der Waals surface area contributed by atoms with Crippen LogP contribution in [-0.2, 0) is 11.3 Å². The molecule has 4 heterocycles. The maximum atomic E-state index is 13.0. The van der Waals surface area contributed by atoms with Gasteiger partial charge < -0.3 is 9.47 Å². The summed E-state index contributed by atoms with van der Waals surface area (Å²) in [5.41, 5.74) is 7.67. The van der Waals surface area contributed by atoms with Crippen molar-refractivity contribution in [1.82, 2.24) is 30.3 Å². The Morgan fingerprint density at radius 2 is 2.00 bits per heavy atom. The molecule has 28 heavy (non-hydrogen) atoms. The molecule has 7 heteroatoms. The van der Waals surface area contributed by atoms with E-state index in [1.807, 2.05) is 30.7 Å². The minimum atomic E-state index is 0.0603. The van der Waals surface area contributed by atoms with Gasteiger partial charge in [-0.3, -0.25) is 20.6 Å². The lowest BCUT2D eigenvalue weighted by atomic mass is 9.92. The number of nitrogens with zero attached hydrogens (tertiary/aromatic N) is 4. The zero-order valence-electron chi connectivity index (χ0n) is 16.6.